The normalized spacial score (nSPS) is 23.0. The molecule has 0 aromatic carbocycles. The number of carbonyl (C=O) groups is 1. The number of aromatic nitrogens is 5. The van der Waals surface area contributed by atoms with Gasteiger partial charge in [-0.1, -0.05) is 6.07 Å². The van der Waals surface area contributed by atoms with Gasteiger partial charge in [-0.3, -0.25) is 9.48 Å². The second-order valence-electron chi connectivity index (χ2n) is 12.5. The summed E-state index contributed by atoms with van der Waals surface area (Å²) < 4.78 is 36.6. The number of hydrogen-bond donors (Lipinski definition) is 1. The number of anilines is 1. The summed E-state index contributed by atoms with van der Waals surface area (Å²) in [6, 6.07) is 3.71. The minimum absolute atomic E-state index is 0.143. The van der Waals surface area contributed by atoms with Gasteiger partial charge in [0.15, 0.2) is 0 Å². The van der Waals surface area contributed by atoms with Crippen molar-refractivity contribution in [3.8, 4) is 0 Å². The van der Waals surface area contributed by atoms with Crippen molar-refractivity contribution in [1.29, 1.82) is 0 Å². The molecule has 12 heteroatoms. The fourth-order valence-corrected chi connectivity index (χ4v) is 6.56. The number of carbonyl (C=O) groups excluding carboxylic acids is 1. The Kier molecular flexibility index (Phi) is 7.12. The first-order chi connectivity index (χ1) is 19.4. The number of amides is 1. The summed E-state index contributed by atoms with van der Waals surface area (Å²) >= 11 is 0. The number of halogens is 2. The smallest absolute Gasteiger partial charge is 0.258 e. The van der Waals surface area contributed by atoms with Crippen LogP contribution in [0.3, 0.4) is 0 Å². The predicted molar refractivity (Wildman–Crippen MR) is 156 cm³/mol. The molecule has 6 rings (SSSR count). The number of fused-ring (bicyclic) bond motifs is 2. The van der Waals surface area contributed by atoms with Crippen LogP contribution in [0.2, 0.25) is 0 Å². The van der Waals surface area contributed by atoms with E-state index in [0.29, 0.717) is 38.5 Å². The number of nitrogens with zero attached hydrogens (tertiary/aromatic N) is 6. The Morgan fingerprint density at radius 3 is 2.66 bits per heavy atom. The molecule has 2 aliphatic carbocycles. The largest absolute Gasteiger partial charge is 0.358 e. The lowest BCUT2D eigenvalue weighted by molar-refractivity contribution is 0.0786. The lowest BCUT2D eigenvalue weighted by Gasteiger charge is -2.24. The molecule has 1 saturated heterocycles. The van der Waals surface area contributed by atoms with Crippen molar-refractivity contribution in [2.75, 3.05) is 49.1 Å². The fraction of sp³-hybridized carbons (Fsp3) is 0.586. The maximum absolute atomic E-state index is 13.6. The third-order valence-corrected chi connectivity index (χ3v) is 10.1. The molecule has 1 amide bonds. The highest BCUT2D eigenvalue weighted by Crippen LogP contribution is 2.59. The zero-order valence-electron chi connectivity index (χ0n) is 24.4. The third-order valence-electron chi connectivity index (χ3n) is 8.67. The van der Waals surface area contributed by atoms with E-state index in [9.17, 15) is 13.6 Å². The van der Waals surface area contributed by atoms with E-state index >= 15 is 0 Å². The quantitative estimate of drug-likeness (QED) is 0.362. The van der Waals surface area contributed by atoms with Crippen molar-refractivity contribution in [1.82, 2.24) is 29.9 Å². The van der Waals surface area contributed by atoms with E-state index in [1.54, 1.807) is 17.1 Å². The van der Waals surface area contributed by atoms with Gasteiger partial charge in [0.05, 0.1) is 48.5 Å². The Labute approximate surface area is 241 Å². The summed E-state index contributed by atoms with van der Waals surface area (Å²) in [6.07, 6.45) is 11.9. The van der Waals surface area contributed by atoms with Crippen LogP contribution in [0.5, 0.6) is 0 Å². The van der Waals surface area contributed by atoms with E-state index in [0.717, 1.165) is 47.1 Å². The Hall–Kier alpha value is -2.99. The fourth-order valence-electron chi connectivity index (χ4n) is 5.95. The molecule has 3 aromatic rings. The predicted octanol–water partition coefficient (Wildman–Crippen LogP) is 3.93. The molecule has 4 heterocycles. The van der Waals surface area contributed by atoms with E-state index < -0.39 is 27.8 Å². The van der Waals surface area contributed by atoms with Crippen molar-refractivity contribution < 1.29 is 18.3 Å². The number of hydrogen-bond acceptors (Lipinski definition) is 6. The van der Waals surface area contributed by atoms with Gasteiger partial charge in [-0.15, -0.1) is 0 Å². The van der Waals surface area contributed by atoms with Gasteiger partial charge in [0.1, 0.15) is 12.5 Å². The maximum atomic E-state index is 13.6. The topological polar surface area (TPSA) is 90.1 Å². The number of piperidine rings is 1. The van der Waals surface area contributed by atoms with Gasteiger partial charge in [0.2, 0.25) is 0 Å². The molecule has 222 valence electrons. The van der Waals surface area contributed by atoms with Gasteiger partial charge in [-0.2, -0.15) is 10.2 Å². The molecule has 41 heavy (non-hydrogen) atoms. The Morgan fingerprint density at radius 2 is 1.95 bits per heavy atom. The molecule has 0 spiro atoms. The highest BCUT2D eigenvalue weighted by Gasteiger charge is 2.71. The summed E-state index contributed by atoms with van der Waals surface area (Å²) in [4.78, 5) is 19.7. The van der Waals surface area contributed by atoms with Gasteiger partial charge in [0.25, 0.3) is 11.8 Å². The van der Waals surface area contributed by atoms with E-state index in [1.165, 1.54) is 5.56 Å². The first kappa shape index (κ1) is 28.1. The minimum atomic E-state index is -2.50. The average Bonchev–Trinajstić information content (AvgIpc) is 3.53. The summed E-state index contributed by atoms with van der Waals surface area (Å²) in [7, 11) is -0.596. The van der Waals surface area contributed by atoms with Gasteiger partial charge >= 0.3 is 0 Å². The van der Waals surface area contributed by atoms with Gasteiger partial charge < -0.3 is 15.0 Å². The van der Waals surface area contributed by atoms with Crippen molar-refractivity contribution in [2.45, 2.75) is 51.9 Å². The van der Waals surface area contributed by atoms with Crippen LogP contribution in [0, 0.1) is 25.7 Å². The van der Waals surface area contributed by atoms with Crippen molar-refractivity contribution >= 4 is 21.8 Å². The monoisotopic (exact) mass is 587 g/mol. The molecule has 0 bridgehead atoms. The van der Waals surface area contributed by atoms with Crippen LogP contribution < -0.4 is 10.2 Å². The summed E-state index contributed by atoms with van der Waals surface area (Å²) in [5.41, 5.74) is 5.50. The van der Waals surface area contributed by atoms with Crippen LogP contribution >= 0.6 is 10.0 Å². The number of nitrogens with one attached hydrogen (secondary N) is 1. The second-order valence-corrected chi connectivity index (χ2v) is 17.1. The van der Waals surface area contributed by atoms with E-state index in [-0.39, 0.29) is 11.9 Å². The van der Waals surface area contributed by atoms with Crippen molar-refractivity contribution in [3.63, 3.8) is 0 Å². The molecular formula is C29H39F2N7O2S. The highest BCUT2D eigenvalue weighted by molar-refractivity contribution is 8.32. The number of aryl methyl sites for hydroxylation is 1. The second kappa shape index (κ2) is 10.4. The van der Waals surface area contributed by atoms with Crippen LogP contribution in [0.4, 0.5) is 14.6 Å². The molecule has 3 aromatic heterocycles. The zero-order valence-corrected chi connectivity index (χ0v) is 25.2. The van der Waals surface area contributed by atoms with Crippen molar-refractivity contribution in [3.05, 3.63) is 58.3 Å². The summed E-state index contributed by atoms with van der Waals surface area (Å²) in [5.74, 6) is -1.96. The van der Waals surface area contributed by atoms with Crippen LogP contribution in [0.25, 0.3) is 0 Å². The lowest BCUT2D eigenvalue weighted by atomic mass is 10.2. The SMILES string of the molecule is Cc1nc(N2CC3C(C2)C3(F)F)ccc1Cn1cc(C(=O)N[C@@H]2CCc3c2nn(COCCS(C)(C)C)c3C)cn1. The standard InChI is InChI=1S/C29H39F2N7O2S/c1-18-20(6-9-26(33-18)36-15-23-24(16-36)29(23,30)31)13-37-14-21(12-32-37)28(39)34-25-8-7-22-19(2)38(35-27(22)25)17-40-10-11-41(3,4)5/h6,9,12,14,23-25H,7-8,10-11,13,15-17H2,1-5H3,(H,34,39)/t23?,24?,25-/m1/s1. The Morgan fingerprint density at radius 1 is 1.20 bits per heavy atom. The highest BCUT2D eigenvalue weighted by atomic mass is 32.3. The number of pyridine rings is 1. The van der Waals surface area contributed by atoms with Crippen LogP contribution in [-0.4, -0.2) is 80.6 Å². The van der Waals surface area contributed by atoms with Gasteiger partial charge in [0, 0.05) is 36.4 Å². The number of rotatable bonds is 10. The first-order valence-electron chi connectivity index (χ1n) is 14.1. The Bertz CT molecular complexity index is 1450. The van der Waals surface area contributed by atoms with Gasteiger partial charge in [-0.25, -0.2) is 28.5 Å². The minimum Gasteiger partial charge on any atom is -0.358 e. The molecule has 3 atom stereocenters. The van der Waals surface area contributed by atoms with Crippen LogP contribution in [-0.2, 0) is 24.4 Å². The van der Waals surface area contributed by atoms with E-state index in [2.05, 4.69) is 41.1 Å². The molecular weight excluding hydrogens is 548 g/mol. The summed E-state index contributed by atoms with van der Waals surface area (Å²) in [6.45, 7) is 6.29. The number of alkyl halides is 2. The van der Waals surface area contributed by atoms with E-state index in [1.807, 2.05) is 28.6 Å². The van der Waals surface area contributed by atoms with Crippen LogP contribution in [0.1, 0.15) is 51.0 Å². The molecule has 2 fully saturated rings. The Balaban J connectivity index is 1.04. The van der Waals surface area contributed by atoms with E-state index in [4.69, 9.17) is 9.84 Å². The molecule has 2 unspecified atom stereocenters. The van der Waals surface area contributed by atoms with Crippen LogP contribution in [0.15, 0.2) is 24.5 Å². The zero-order chi connectivity index (χ0) is 29.1. The molecule has 0 radical (unpaired) electrons. The molecule has 1 N–H and O–H groups in total. The average molecular weight is 588 g/mol. The molecule has 3 aliphatic rings. The summed E-state index contributed by atoms with van der Waals surface area (Å²) in [5, 5.41) is 12.3. The molecule has 1 aliphatic heterocycles. The number of ether oxygens (including phenoxy) is 1. The van der Waals surface area contributed by atoms with Crippen molar-refractivity contribution in [2.24, 2.45) is 11.8 Å². The molecule has 9 nitrogen and oxygen atoms in total. The molecule has 1 saturated carbocycles. The first-order valence-corrected chi connectivity index (χ1v) is 17.2. The lowest BCUT2D eigenvalue weighted by Crippen LogP contribution is -2.28. The third kappa shape index (κ3) is 5.60. The van der Waals surface area contributed by atoms with Gasteiger partial charge in [-0.05, 0) is 62.6 Å². The maximum Gasteiger partial charge on any atom is 0.258 e.